The maximum atomic E-state index is 14.0. The van der Waals surface area contributed by atoms with E-state index in [-0.39, 0.29) is 23.4 Å². The molecular formula is C31H37N3O4S. The standard InChI is InChI=1S/C31H37N3O4S/c1-23-18-24(2)20-28(19-23)34(39(37,38)29-16-8-5-9-17-29)22-30(35)33(21-26-12-6-4-7-13-26)25(3)31(36)32-27-14-10-11-15-27/h4-9,12-13,16-20,25,27H,10-11,14-15,21-22H2,1-3H3,(H,32,36)/t25-/m0/s1. The van der Waals surface area contributed by atoms with Gasteiger partial charge in [0.1, 0.15) is 12.6 Å². The van der Waals surface area contributed by atoms with Crippen LogP contribution in [-0.2, 0) is 26.2 Å². The molecule has 0 unspecified atom stereocenters. The van der Waals surface area contributed by atoms with Crippen molar-refractivity contribution in [3.8, 4) is 0 Å². The van der Waals surface area contributed by atoms with Crippen LogP contribution in [0, 0.1) is 13.8 Å². The van der Waals surface area contributed by atoms with E-state index in [2.05, 4.69) is 5.32 Å². The quantitative estimate of drug-likeness (QED) is 0.388. The molecule has 0 aliphatic heterocycles. The molecule has 0 aromatic heterocycles. The molecule has 0 radical (unpaired) electrons. The molecule has 1 aliphatic rings. The molecule has 2 amide bonds. The Hall–Kier alpha value is -3.65. The van der Waals surface area contributed by atoms with E-state index in [0.717, 1.165) is 46.7 Å². The minimum atomic E-state index is -4.07. The first kappa shape index (κ1) is 28.4. The van der Waals surface area contributed by atoms with Gasteiger partial charge >= 0.3 is 0 Å². The Balaban J connectivity index is 1.69. The van der Waals surface area contributed by atoms with Gasteiger partial charge in [-0.1, -0.05) is 67.4 Å². The van der Waals surface area contributed by atoms with Gasteiger partial charge in [0.05, 0.1) is 10.6 Å². The second-order valence-electron chi connectivity index (χ2n) is 10.3. The number of hydrogen-bond acceptors (Lipinski definition) is 4. The fraction of sp³-hybridized carbons (Fsp3) is 0.355. The predicted molar refractivity (Wildman–Crippen MR) is 154 cm³/mol. The van der Waals surface area contributed by atoms with Crippen molar-refractivity contribution < 1.29 is 18.0 Å². The number of rotatable bonds is 10. The van der Waals surface area contributed by atoms with Crippen LogP contribution in [0.15, 0.2) is 83.8 Å². The molecule has 1 saturated carbocycles. The number of nitrogens with zero attached hydrogens (tertiary/aromatic N) is 2. The average molecular weight is 548 g/mol. The summed E-state index contributed by atoms with van der Waals surface area (Å²) in [5.74, 6) is -0.679. The van der Waals surface area contributed by atoms with Crippen LogP contribution >= 0.6 is 0 Å². The van der Waals surface area contributed by atoms with Crippen molar-refractivity contribution in [2.75, 3.05) is 10.8 Å². The summed E-state index contributed by atoms with van der Waals surface area (Å²) in [5, 5.41) is 3.09. The second-order valence-corrected chi connectivity index (χ2v) is 12.2. The molecule has 0 spiro atoms. The molecule has 1 atom stereocenters. The van der Waals surface area contributed by atoms with Crippen molar-refractivity contribution in [1.82, 2.24) is 10.2 Å². The summed E-state index contributed by atoms with van der Waals surface area (Å²) in [6.45, 7) is 5.24. The third-order valence-corrected chi connectivity index (χ3v) is 8.96. The van der Waals surface area contributed by atoms with E-state index in [9.17, 15) is 18.0 Å². The molecule has 7 nitrogen and oxygen atoms in total. The van der Waals surface area contributed by atoms with Crippen LogP contribution < -0.4 is 9.62 Å². The molecule has 3 aromatic rings. The third-order valence-electron chi connectivity index (χ3n) is 7.17. The van der Waals surface area contributed by atoms with Crippen LogP contribution in [-0.4, -0.2) is 43.8 Å². The largest absolute Gasteiger partial charge is 0.352 e. The molecule has 1 fully saturated rings. The maximum absolute atomic E-state index is 14.0. The number of benzene rings is 3. The van der Waals surface area contributed by atoms with Crippen molar-refractivity contribution in [3.05, 3.63) is 95.6 Å². The van der Waals surface area contributed by atoms with Gasteiger partial charge in [0.25, 0.3) is 10.0 Å². The van der Waals surface area contributed by atoms with E-state index in [0.29, 0.717) is 5.69 Å². The van der Waals surface area contributed by atoms with Crippen LogP contribution in [0.5, 0.6) is 0 Å². The smallest absolute Gasteiger partial charge is 0.264 e. The summed E-state index contributed by atoms with van der Waals surface area (Å²) in [6.07, 6.45) is 4.02. The topological polar surface area (TPSA) is 86.8 Å². The van der Waals surface area contributed by atoms with Gasteiger partial charge in [-0.15, -0.1) is 0 Å². The first-order valence-electron chi connectivity index (χ1n) is 13.4. The molecule has 0 bridgehead atoms. The van der Waals surface area contributed by atoms with Crippen molar-refractivity contribution in [2.24, 2.45) is 0 Å². The lowest BCUT2D eigenvalue weighted by atomic mass is 10.1. The highest BCUT2D eigenvalue weighted by Gasteiger charge is 2.33. The Labute approximate surface area is 231 Å². The van der Waals surface area contributed by atoms with E-state index in [1.165, 1.54) is 17.0 Å². The minimum absolute atomic E-state index is 0.0959. The molecule has 4 rings (SSSR count). The van der Waals surface area contributed by atoms with Crippen LogP contribution in [0.4, 0.5) is 5.69 Å². The van der Waals surface area contributed by atoms with Crippen LogP contribution in [0.3, 0.4) is 0 Å². The molecule has 3 aromatic carbocycles. The lowest BCUT2D eigenvalue weighted by molar-refractivity contribution is -0.139. The van der Waals surface area contributed by atoms with E-state index in [4.69, 9.17) is 0 Å². The highest BCUT2D eigenvalue weighted by Crippen LogP contribution is 2.27. The van der Waals surface area contributed by atoms with Gasteiger partial charge in [-0.25, -0.2) is 8.42 Å². The SMILES string of the molecule is Cc1cc(C)cc(N(CC(=O)N(Cc2ccccc2)[C@@H](C)C(=O)NC2CCCC2)S(=O)(=O)c2ccccc2)c1. The summed E-state index contributed by atoms with van der Waals surface area (Å²) >= 11 is 0. The number of hydrogen-bond donors (Lipinski definition) is 1. The molecular weight excluding hydrogens is 510 g/mol. The highest BCUT2D eigenvalue weighted by molar-refractivity contribution is 7.92. The van der Waals surface area contributed by atoms with Gasteiger partial charge in [-0.05, 0) is 74.6 Å². The Morgan fingerprint density at radius 2 is 1.46 bits per heavy atom. The zero-order chi connectivity index (χ0) is 28.0. The number of nitrogens with one attached hydrogen (secondary N) is 1. The molecule has 206 valence electrons. The van der Waals surface area contributed by atoms with Crippen LogP contribution in [0.25, 0.3) is 0 Å². The number of carbonyl (C=O) groups is 2. The van der Waals surface area contributed by atoms with Crippen molar-refractivity contribution >= 4 is 27.5 Å². The van der Waals surface area contributed by atoms with E-state index in [1.54, 1.807) is 37.3 Å². The van der Waals surface area contributed by atoms with Crippen molar-refractivity contribution in [3.63, 3.8) is 0 Å². The number of aryl methyl sites for hydroxylation is 2. The minimum Gasteiger partial charge on any atom is -0.352 e. The van der Waals surface area contributed by atoms with E-state index >= 15 is 0 Å². The average Bonchev–Trinajstić information content (AvgIpc) is 3.43. The number of amides is 2. The molecule has 8 heteroatoms. The zero-order valence-electron chi connectivity index (χ0n) is 22.8. The monoisotopic (exact) mass is 547 g/mol. The van der Waals surface area contributed by atoms with Gasteiger partial charge in [0.2, 0.25) is 11.8 Å². The van der Waals surface area contributed by atoms with Gasteiger partial charge in [0.15, 0.2) is 0 Å². The summed E-state index contributed by atoms with van der Waals surface area (Å²) in [4.78, 5) is 28.8. The predicted octanol–water partition coefficient (Wildman–Crippen LogP) is 4.97. The zero-order valence-corrected chi connectivity index (χ0v) is 23.7. The van der Waals surface area contributed by atoms with Gasteiger partial charge in [0, 0.05) is 12.6 Å². The highest BCUT2D eigenvalue weighted by atomic mass is 32.2. The normalized spacial score (nSPS) is 14.5. The second kappa shape index (κ2) is 12.5. The van der Waals surface area contributed by atoms with Gasteiger partial charge in [-0.2, -0.15) is 0 Å². The Morgan fingerprint density at radius 1 is 0.897 bits per heavy atom. The summed E-state index contributed by atoms with van der Waals surface area (Å²) in [5.41, 5.74) is 3.04. The molecule has 0 saturated heterocycles. The first-order valence-corrected chi connectivity index (χ1v) is 14.9. The maximum Gasteiger partial charge on any atom is 0.264 e. The third kappa shape index (κ3) is 7.06. The van der Waals surface area contributed by atoms with Crippen LogP contribution in [0.2, 0.25) is 0 Å². The molecule has 39 heavy (non-hydrogen) atoms. The molecule has 1 aliphatic carbocycles. The van der Waals surface area contributed by atoms with E-state index < -0.39 is 28.5 Å². The summed E-state index contributed by atoms with van der Waals surface area (Å²) in [7, 11) is -4.07. The molecule has 1 N–H and O–H groups in total. The van der Waals surface area contributed by atoms with Crippen LogP contribution in [0.1, 0.15) is 49.3 Å². The van der Waals surface area contributed by atoms with Crippen molar-refractivity contribution in [2.45, 2.75) is 70.0 Å². The Morgan fingerprint density at radius 3 is 2.05 bits per heavy atom. The molecule has 0 heterocycles. The fourth-order valence-corrected chi connectivity index (χ4v) is 6.52. The summed E-state index contributed by atoms with van der Waals surface area (Å²) < 4.78 is 28.9. The van der Waals surface area contributed by atoms with Gasteiger partial charge in [-0.3, -0.25) is 13.9 Å². The van der Waals surface area contributed by atoms with Crippen molar-refractivity contribution in [1.29, 1.82) is 0 Å². The lowest BCUT2D eigenvalue weighted by Crippen LogP contribution is -2.52. The number of carbonyl (C=O) groups excluding carboxylic acids is 2. The number of anilines is 1. The fourth-order valence-electron chi connectivity index (χ4n) is 5.10. The Bertz CT molecular complexity index is 1370. The first-order chi connectivity index (χ1) is 18.6. The van der Waals surface area contributed by atoms with Gasteiger partial charge < -0.3 is 10.2 Å². The number of sulfonamides is 1. The Kier molecular flexibility index (Phi) is 9.07. The summed E-state index contributed by atoms with van der Waals surface area (Å²) in [6, 6.07) is 22.4. The lowest BCUT2D eigenvalue weighted by Gasteiger charge is -2.32. The van der Waals surface area contributed by atoms with E-state index in [1.807, 2.05) is 50.2 Å².